The first-order valence-corrected chi connectivity index (χ1v) is 12.4. The van der Waals surface area contributed by atoms with Gasteiger partial charge in [0.25, 0.3) is 0 Å². The molecule has 3 aromatic carbocycles. The molecule has 2 amide bonds. The first-order valence-electron chi connectivity index (χ1n) is 12.4. The van der Waals surface area contributed by atoms with Crippen LogP contribution in [0.2, 0.25) is 0 Å². The topological polar surface area (TPSA) is 98.9 Å². The number of urea groups is 1. The van der Waals surface area contributed by atoms with E-state index in [1.165, 1.54) is 23.1 Å². The van der Waals surface area contributed by atoms with Gasteiger partial charge in [-0.3, -0.25) is 5.32 Å². The van der Waals surface area contributed by atoms with Crippen molar-refractivity contribution in [1.82, 2.24) is 24.5 Å². The number of aromatic nitrogens is 5. The second kappa shape index (κ2) is 11.0. The monoisotopic (exact) mass is 583 g/mol. The fourth-order valence-corrected chi connectivity index (χ4v) is 4.01. The number of anilines is 2. The van der Waals surface area contributed by atoms with E-state index in [4.69, 9.17) is 0 Å². The molecule has 42 heavy (non-hydrogen) atoms. The number of alkyl halides is 5. The lowest BCUT2D eigenvalue weighted by atomic mass is 10.1. The summed E-state index contributed by atoms with van der Waals surface area (Å²) in [5.41, 5.74) is 4.42. The van der Waals surface area contributed by atoms with Crippen molar-refractivity contribution in [2.45, 2.75) is 26.1 Å². The van der Waals surface area contributed by atoms with Crippen LogP contribution in [0.1, 0.15) is 11.1 Å². The van der Waals surface area contributed by atoms with Crippen LogP contribution in [0.3, 0.4) is 0 Å². The molecule has 216 valence electrons. The predicted molar refractivity (Wildman–Crippen MR) is 144 cm³/mol. The van der Waals surface area contributed by atoms with E-state index in [0.29, 0.717) is 28.6 Å². The summed E-state index contributed by atoms with van der Waals surface area (Å²) in [6.45, 7) is 3.96. The first kappa shape index (κ1) is 28.3. The predicted octanol–water partition coefficient (Wildman–Crippen LogP) is 6.91. The molecule has 2 heterocycles. The van der Waals surface area contributed by atoms with Gasteiger partial charge in [-0.05, 0) is 74.0 Å². The maximum Gasteiger partial charge on any atom is 0.499 e. The molecule has 2 aromatic heterocycles. The molecule has 0 atom stereocenters. The van der Waals surface area contributed by atoms with Gasteiger partial charge in [0.15, 0.2) is 5.82 Å². The molecule has 5 rings (SSSR count). The zero-order valence-electron chi connectivity index (χ0n) is 22.0. The molecule has 0 saturated heterocycles. The molecule has 0 aliphatic heterocycles. The molecular formula is C28H22F5N7O2. The Labute approximate surface area is 235 Å². The summed E-state index contributed by atoms with van der Waals surface area (Å²) in [6, 6.07) is 18.3. The Morgan fingerprint density at radius 3 is 2.26 bits per heavy atom. The summed E-state index contributed by atoms with van der Waals surface area (Å²) in [5.74, 6) is 0.134. The number of carbonyl (C=O) groups is 1. The van der Waals surface area contributed by atoms with E-state index in [1.54, 1.807) is 41.2 Å². The number of hydrogen-bond donors (Lipinski definition) is 2. The van der Waals surface area contributed by atoms with E-state index < -0.39 is 24.1 Å². The van der Waals surface area contributed by atoms with Crippen LogP contribution in [0.5, 0.6) is 5.75 Å². The van der Waals surface area contributed by atoms with Crippen LogP contribution in [0, 0.1) is 13.8 Å². The summed E-state index contributed by atoms with van der Waals surface area (Å²) < 4.78 is 70.1. The number of carbonyl (C=O) groups excluding carboxylic acids is 1. The van der Waals surface area contributed by atoms with Gasteiger partial charge in [-0.1, -0.05) is 17.7 Å². The number of aryl methyl sites for hydroxylation is 2. The number of nitrogens with zero attached hydrogens (tertiary/aromatic N) is 5. The molecular weight excluding hydrogens is 561 g/mol. The molecule has 0 aliphatic carbocycles. The van der Waals surface area contributed by atoms with Crippen molar-refractivity contribution in [3.05, 3.63) is 96.4 Å². The fraction of sp³-hybridized carbons (Fsp3) is 0.143. The molecule has 14 heteroatoms. The van der Waals surface area contributed by atoms with Gasteiger partial charge in [0, 0.05) is 17.3 Å². The van der Waals surface area contributed by atoms with Crippen LogP contribution in [-0.2, 0) is 0 Å². The van der Waals surface area contributed by atoms with Gasteiger partial charge in [0.05, 0.1) is 17.6 Å². The number of nitrogens with one attached hydrogen (secondary N) is 2. The molecule has 9 nitrogen and oxygen atoms in total. The summed E-state index contributed by atoms with van der Waals surface area (Å²) in [6.07, 6.45) is -8.22. The van der Waals surface area contributed by atoms with Gasteiger partial charge in [0.1, 0.15) is 17.9 Å². The van der Waals surface area contributed by atoms with Gasteiger partial charge in [-0.25, -0.2) is 19.1 Å². The fourth-order valence-electron chi connectivity index (χ4n) is 4.01. The summed E-state index contributed by atoms with van der Waals surface area (Å²) >= 11 is 0. The molecule has 0 saturated carbocycles. The van der Waals surface area contributed by atoms with E-state index in [0.717, 1.165) is 28.9 Å². The Morgan fingerprint density at radius 2 is 1.60 bits per heavy atom. The molecule has 0 bridgehead atoms. The first-order chi connectivity index (χ1) is 19.9. The summed E-state index contributed by atoms with van der Waals surface area (Å²) in [4.78, 5) is 16.9. The standard InChI is InChI=1S/C28H22F5N7O2/c1-17-3-12-23(18(2)15-17)40-24(13-14-35-40)37-26(41)36-20-6-4-19(5-7-20)25-34-16-39(38-25)21-8-10-22(11-9-21)42-28(32,33)27(29,30)31/h3-16H,1-2H3,(H2,36,37,41). The van der Waals surface area contributed by atoms with Gasteiger partial charge in [0.2, 0.25) is 0 Å². The van der Waals surface area contributed by atoms with Crippen molar-refractivity contribution in [2.75, 3.05) is 10.6 Å². The minimum Gasteiger partial charge on any atom is -0.426 e. The Kier molecular flexibility index (Phi) is 7.37. The van der Waals surface area contributed by atoms with Gasteiger partial charge < -0.3 is 10.1 Å². The quantitative estimate of drug-likeness (QED) is 0.203. The second-order valence-corrected chi connectivity index (χ2v) is 9.20. The zero-order valence-corrected chi connectivity index (χ0v) is 22.0. The van der Waals surface area contributed by atoms with Crippen molar-refractivity contribution < 1.29 is 31.5 Å². The average molecular weight is 584 g/mol. The molecule has 5 aromatic rings. The summed E-state index contributed by atoms with van der Waals surface area (Å²) in [7, 11) is 0. The minimum absolute atomic E-state index is 0.312. The molecule has 2 N–H and O–H groups in total. The molecule has 0 spiro atoms. The third-order valence-electron chi connectivity index (χ3n) is 6.03. The van der Waals surface area contributed by atoms with Crippen LogP contribution in [0.15, 0.2) is 85.3 Å². The lowest BCUT2D eigenvalue weighted by molar-refractivity contribution is -0.360. The van der Waals surface area contributed by atoms with Gasteiger partial charge >= 0.3 is 18.3 Å². The largest absolute Gasteiger partial charge is 0.499 e. The highest BCUT2D eigenvalue weighted by molar-refractivity contribution is 5.99. The smallest absolute Gasteiger partial charge is 0.426 e. The van der Waals surface area contributed by atoms with E-state index in [9.17, 15) is 26.7 Å². The van der Waals surface area contributed by atoms with Gasteiger partial charge in [-0.15, -0.1) is 5.10 Å². The van der Waals surface area contributed by atoms with Crippen LogP contribution in [0.25, 0.3) is 22.8 Å². The number of benzene rings is 3. The van der Waals surface area contributed by atoms with E-state index in [-0.39, 0.29) is 0 Å². The van der Waals surface area contributed by atoms with Crippen LogP contribution in [0.4, 0.5) is 38.3 Å². The maximum absolute atomic E-state index is 13.1. The number of halogens is 5. The summed E-state index contributed by atoms with van der Waals surface area (Å²) in [5, 5.41) is 14.2. The highest BCUT2D eigenvalue weighted by atomic mass is 19.4. The number of rotatable bonds is 7. The van der Waals surface area contributed by atoms with Crippen LogP contribution in [-0.4, -0.2) is 42.9 Å². The average Bonchev–Trinajstić information content (AvgIpc) is 3.59. The molecule has 0 radical (unpaired) electrons. The second-order valence-electron chi connectivity index (χ2n) is 9.20. The van der Waals surface area contributed by atoms with Crippen LogP contribution >= 0.6 is 0 Å². The molecule has 0 aliphatic rings. The molecule has 0 fully saturated rings. The van der Waals surface area contributed by atoms with Crippen LogP contribution < -0.4 is 15.4 Å². The van der Waals surface area contributed by atoms with Crippen molar-refractivity contribution in [1.29, 1.82) is 0 Å². The maximum atomic E-state index is 13.1. The van der Waals surface area contributed by atoms with Crippen molar-refractivity contribution in [3.63, 3.8) is 0 Å². The highest BCUT2D eigenvalue weighted by Gasteiger charge is 2.61. The Balaban J connectivity index is 1.22. The Hall–Kier alpha value is -5.27. The van der Waals surface area contributed by atoms with E-state index in [2.05, 4.69) is 30.6 Å². The molecule has 0 unspecified atom stereocenters. The minimum atomic E-state index is -5.84. The third kappa shape index (κ3) is 6.06. The number of amides is 2. The van der Waals surface area contributed by atoms with Crippen molar-refractivity contribution in [3.8, 4) is 28.5 Å². The highest BCUT2D eigenvalue weighted by Crippen LogP contribution is 2.37. The number of hydrogen-bond acceptors (Lipinski definition) is 5. The lowest BCUT2D eigenvalue weighted by Crippen LogP contribution is -2.41. The zero-order chi connectivity index (χ0) is 30.1. The Morgan fingerprint density at radius 1 is 0.881 bits per heavy atom. The van der Waals surface area contributed by atoms with Crippen molar-refractivity contribution >= 4 is 17.5 Å². The van der Waals surface area contributed by atoms with Crippen molar-refractivity contribution in [2.24, 2.45) is 0 Å². The lowest BCUT2D eigenvalue weighted by Gasteiger charge is -2.20. The van der Waals surface area contributed by atoms with E-state index in [1.807, 2.05) is 32.0 Å². The number of ether oxygens (including phenoxy) is 1. The van der Waals surface area contributed by atoms with E-state index >= 15 is 0 Å². The normalized spacial score (nSPS) is 11.8. The SMILES string of the molecule is Cc1ccc(-n2nccc2NC(=O)Nc2ccc(-c3ncn(-c4ccc(OC(F)(F)C(F)(F)F)cc4)n3)cc2)c(C)c1. The Bertz CT molecular complexity index is 1710. The third-order valence-corrected chi connectivity index (χ3v) is 6.03. The van der Waals surface area contributed by atoms with Gasteiger partial charge in [-0.2, -0.15) is 27.1 Å².